The molecule has 0 amide bonds. The molecule has 2 heterocycles. The molecule has 0 N–H and O–H groups in total. The summed E-state index contributed by atoms with van der Waals surface area (Å²) >= 11 is 1.34. The molecular weight excluding hydrogens is 329 g/mol. The summed E-state index contributed by atoms with van der Waals surface area (Å²) in [7, 11) is 1.36. The molecule has 4 nitrogen and oxygen atoms in total. The summed E-state index contributed by atoms with van der Waals surface area (Å²) in [6.07, 6.45) is -2.80. The second-order valence-electron chi connectivity index (χ2n) is 5.49. The molecule has 0 bridgehead atoms. The van der Waals surface area contributed by atoms with Gasteiger partial charge in [-0.1, -0.05) is 11.3 Å². The molecule has 23 heavy (non-hydrogen) atoms. The van der Waals surface area contributed by atoms with Crippen molar-refractivity contribution in [2.45, 2.75) is 19.0 Å². The number of ether oxygens (including phenoxy) is 1. The van der Waals surface area contributed by atoms with Gasteiger partial charge in [0.15, 0.2) is 5.13 Å². The van der Waals surface area contributed by atoms with Crippen molar-refractivity contribution < 1.29 is 22.7 Å². The lowest BCUT2D eigenvalue weighted by Crippen LogP contribution is -2.39. The number of carbonyl (C=O) groups is 1. The van der Waals surface area contributed by atoms with E-state index in [9.17, 15) is 18.0 Å². The number of alkyl halides is 3. The first-order valence-electron chi connectivity index (χ1n) is 7.19. The second-order valence-corrected chi connectivity index (χ2v) is 6.49. The molecule has 0 spiro atoms. The summed E-state index contributed by atoms with van der Waals surface area (Å²) < 4.78 is 43.8. The van der Waals surface area contributed by atoms with Crippen LogP contribution in [0.15, 0.2) is 18.2 Å². The number of hydrogen-bond donors (Lipinski definition) is 0. The summed E-state index contributed by atoms with van der Waals surface area (Å²) in [6.45, 7) is 1.22. The Bertz CT molecular complexity index is 729. The first kappa shape index (κ1) is 16.0. The number of fused-ring (bicyclic) bond motifs is 1. The summed E-state index contributed by atoms with van der Waals surface area (Å²) in [5.74, 6) is -0.471. The van der Waals surface area contributed by atoms with Crippen LogP contribution in [0, 0.1) is 5.92 Å². The maximum absolute atomic E-state index is 12.8. The lowest BCUT2D eigenvalue weighted by molar-refractivity contribution is -0.145. The Kier molecular flexibility index (Phi) is 4.18. The third-order valence-electron chi connectivity index (χ3n) is 3.93. The van der Waals surface area contributed by atoms with Gasteiger partial charge < -0.3 is 9.64 Å². The average Bonchev–Trinajstić information content (AvgIpc) is 2.96. The summed E-state index contributed by atoms with van der Waals surface area (Å²) in [6, 6.07) is 3.58. The Morgan fingerprint density at radius 2 is 2.22 bits per heavy atom. The summed E-state index contributed by atoms with van der Waals surface area (Å²) in [5.41, 5.74) is -0.368. The van der Waals surface area contributed by atoms with Crippen LogP contribution in [0.3, 0.4) is 0 Å². The van der Waals surface area contributed by atoms with E-state index in [1.807, 2.05) is 4.90 Å². The summed E-state index contributed by atoms with van der Waals surface area (Å²) in [5, 5.41) is 0.646. The topological polar surface area (TPSA) is 42.4 Å². The molecule has 0 radical (unpaired) electrons. The van der Waals surface area contributed by atoms with Crippen LogP contribution in [0.25, 0.3) is 10.2 Å². The molecule has 1 atom stereocenters. The molecule has 1 aliphatic rings. The van der Waals surface area contributed by atoms with Crippen molar-refractivity contribution in [3.63, 3.8) is 0 Å². The number of hydrogen-bond acceptors (Lipinski definition) is 5. The Balaban J connectivity index is 1.87. The largest absolute Gasteiger partial charge is 0.469 e. The number of aromatic nitrogens is 1. The van der Waals surface area contributed by atoms with Crippen LogP contribution in [0.1, 0.15) is 18.4 Å². The van der Waals surface area contributed by atoms with Gasteiger partial charge in [0, 0.05) is 13.1 Å². The minimum absolute atomic E-state index is 0.216. The minimum Gasteiger partial charge on any atom is -0.469 e. The molecule has 0 unspecified atom stereocenters. The van der Waals surface area contributed by atoms with Gasteiger partial charge in [0.05, 0.1) is 28.8 Å². The van der Waals surface area contributed by atoms with Crippen LogP contribution < -0.4 is 4.90 Å². The maximum atomic E-state index is 12.8. The van der Waals surface area contributed by atoms with E-state index in [1.54, 1.807) is 0 Å². The van der Waals surface area contributed by atoms with E-state index >= 15 is 0 Å². The van der Waals surface area contributed by atoms with Crippen molar-refractivity contribution in [2.24, 2.45) is 5.92 Å². The fourth-order valence-electron chi connectivity index (χ4n) is 2.74. The number of anilines is 1. The Labute approximate surface area is 134 Å². The number of nitrogens with zero attached hydrogens (tertiary/aromatic N) is 2. The van der Waals surface area contributed by atoms with Crippen molar-refractivity contribution >= 4 is 32.7 Å². The number of rotatable bonds is 2. The molecule has 2 aromatic rings. The molecule has 1 aromatic carbocycles. The molecule has 8 heteroatoms. The molecule has 0 aliphatic carbocycles. The number of carbonyl (C=O) groups excluding carboxylic acids is 1. The van der Waals surface area contributed by atoms with E-state index in [4.69, 9.17) is 4.74 Å². The highest BCUT2D eigenvalue weighted by molar-refractivity contribution is 7.22. The number of halogens is 3. The van der Waals surface area contributed by atoms with Crippen molar-refractivity contribution in [1.82, 2.24) is 4.98 Å². The van der Waals surface area contributed by atoms with Gasteiger partial charge in [-0.15, -0.1) is 0 Å². The molecule has 1 aliphatic heterocycles. The van der Waals surface area contributed by atoms with Crippen molar-refractivity contribution in [1.29, 1.82) is 0 Å². The number of thiazole rings is 1. The zero-order valence-corrected chi connectivity index (χ0v) is 13.2. The molecule has 1 aromatic heterocycles. The first-order chi connectivity index (χ1) is 10.9. The van der Waals surface area contributed by atoms with Gasteiger partial charge >= 0.3 is 12.1 Å². The smallest absolute Gasteiger partial charge is 0.416 e. The van der Waals surface area contributed by atoms with Crippen molar-refractivity contribution in [3.05, 3.63) is 23.8 Å². The van der Waals surface area contributed by atoms with Crippen LogP contribution >= 0.6 is 11.3 Å². The van der Waals surface area contributed by atoms with Gasteiger partial charge in [0.2, 0.25) is 0 Å². The molecule has 0 saturated carbocycles. The zero-order chi connectivity index (χ0) is 16.6. The van der Waals surface area contributed by atoms with Crippen LogP contribution in [0.5, 0.6) is 0 Å². The normalized spacial score (nSPS) is 19.1. The molecule has 124 valence electrons. The second kappa shape index (κ2) is 5.99. The minimum atomic E-state index is -4.38. The quantitative estimate of drug-likeness (QED) is 0.779. The number of methoxy groups -OCH3 is 1. The predicted octanol–water partition coefficient (Wildman–Crippen LogP) is 3.70. The Hall–Kier alpha value is -1.83. The van der Waals surface area contributed by atoms with Crippen LogP contribution in [0.4, 0.5) is 18.3 Å². The fraction of sp³-hybridized carbons (Fsp3) is 0.467. The number of benzene rings is 1. The van der Waals surface area contributed by atoms with E-state index in [0.717, 1.165) is 31.5 Å². The average molecular weight is 344 g/mol. The van der Waals surface area contributed by atoms with Crippen LogP contribution in [0.2, 0.25) is 0 Å². The monoisotopic (exact) mass is 344 g/mol. The Morgan fingerprint density at radius 3 is 2.91 bits per heavy atom. The lowest BCUT2D eigenvalue weighted by Gasteiger charge is -2.30. The van der Waals surface area contributed by atoms with E-state index in [1.165, 1.54) is 24.5 Å². The summed E-state index contributed by atoms with van der Waals surface area (Å²) in [4.78, 5) is 17.9. The van der Waals surface area contributed by atoms with E-state index in [-0.39, 0.29) is 11.9 Å². The third kappa shape index (κ3) is 3.26. The number of esters is 1. The highest BCUT2D eigenvalue weighted by Gasteiger charge is 2.31. The third-order valence-corrected chi connectivity index (χ3v) is 5.03. The maximum Gasteiger partial charge on any atom is 0.416 e. The molecule has 3 rings (SSSR count). The van der Waals surface area contributed by atoms with Gasteiger partial charge in [-0.05, 0) is 31.0 Å². The van der Waals surface area contributed by atoms with E-state index < -0.39 is 11.7 Å². The highest BCUT2D eigenvalue weighted by Crippen LogP contribution is 2.36. The SMILES string of the molecule is COC(=O)[C@H]1CCCN(c2nc3cc(C(F)(F)F)ccc3s2)C1. The van der Waals surface area contributed by atoms with Gasteiger partial charge in [-0.2, -0.15) is 13.2 Å². The molecular formula is C15H15F3N2O2S. The number of piperidine rings is 1. The van der Waals surface area contributed by atoms with Crippen LogP contribution in [-0.2, 0) is 15.7 Å². The van der Waals surface area contributed by atoms with Crippen LogP contribution in [-0.4, -0.2) is 31.2 Å². The lowest BCUT2D eigenvalue weighted by atomic mass is 9.99. The van der Waals surface area contributed by atoms with Gasteiger partial charge in [-0.3, -0.25) is 4.79 Å². The highest BCUT2D eigenvalue weighted by atomic mass is 32.1. The first-order valence-corrected chi connectivity index (χ1v) is 8.00. The van der Waals surface area contributed by atoms with Crippen molar-refractivity contribution in [3.8, 4) is 0 Å². The van der Waals surface area contributed by atoms with E-state index in [0.29, 0.717) is 21.9 Å². The Morgan fingerprint density at radius 1 is 1.43 bits per heavy atom. The molecule has 1 fully saturated rings. The van der Waals surface area contributed by atoms with Crippen molar-refractivity contribution in [2.75, 3.05) is 25.1 Å². The van der Waals surface area contributed by atoms with Gasteiger partial charge in [-0.25, -0.2) is 4.98 Å². The zero-order valence-electron chi connectivity index (χ0n) is 12.4. The van der Waals surface area contributed by atoms with Gasteiger partial charge in [0.1, 0.15) is 0 Å². The molecule has 1 saturated heterocycles. The predicted molar refractivity (Wildman–Crippen MR) is 81.6 cm³/mol. The van der Waals surface area contributed by atoms with E-state index in [2.05, 4.69) is 4.98 Å². The van der Waals surface area contributed by atoms with Gasteiger partial charge in [0.25, 0.3) is 0 Å². The standard InChI is InChI=1S/C15H15F3N2O2S/c1-22-13(21)9-3-2-6-20(8-9)14-19-11-7-10(15(16,17)18)4-5-12(11)23-14/h4-5,7,9H,2-3,6,8H2,1H3/t9-/m0/s1. The fourth-order valence-corrected chi connectivity index (χ4v) is 3.72.